The quantitative estimate of drug-likeness (QED) is 0.363. The van der Waals surface area contributed by atoms with Gasteiger partial charge in [-0.15, -0.1) is 0 Å². The van der Waals surface area contributed by atoms with Crippen LogP contribution in [-0.2, 0) is 0 Å². The first-order valence-corrected chi connectivity index (χ1v) is 2.12. The monoisotopic (exact) mass is 67.1 g/mol. The molecule has 0 atom stereocenters. The normalized spacial score (nSPS) is 6.60. The molecule has 0 aromatic heterocycles. The second kappa shape index (κ2) is 4.15. The van der Waals surface area contributed by atoms with Crippen molar-refractivity contribution in [1.82, 2.24) is 5.14 Å². The number of hydrogen-bond acceptors (Lipinski definition) is 1. The van der Waals surface area contributed by atoms with Gasteiger partial charge < -0.3 is 5.14 Å². The molecule has 0 aromatic carbocycles. The number of hydrogen-bond donors (Lipinski definition) is 1. The number of nitrogens with one attached hydrogen (secondary N) is 1. The minimum absolute atomic E-state index is 1.09. The fourth-order valence-electron chi connectivity index (χ4n) is 0.250. The van der Waals surface area contributed by atoms with Gasteiger partial charge in [0, 0.05) is 0 Å². The summed E-state index contributed by atoms with van der Waals surface area (Å²) < 4.78 is 0. The van der Waals surface area contributed by atoms with Crippen LogP contribution in [0, 0.1) is 0 Å². The van der Waals surface area contributed by atoms with Gasteiger partial charge in [0.15, 0.2) is 7.41 Å². The topological polar surface area (TPSA) is 12.0 Å². The van der Waals surface area contributed by atoms with Crippen LogP contribution in [0.4, 0.5) is 0 Å². The highest BCUT2D eigenvalue weighted by atomic mass is 14.6. The van der Waals surface area contributed by atoms with Crippen molar-refractivity contribution in [2.75, 3.05) is 0 Å². The van der Waals surface area contributed by atoms with E-state index in [9.17, 15) is 0 Å². The van der Waals surface area contributed by atoms with Crippen LogP contribution in [0.3, 0.4) is 0 Å². The molecule has 0 saturated carbocycles. The summed E-state index contributed by atoms with van der Waals surface area (Å²) >= 11 is 0. The summed E-state index contributed by atoms with van der Waals surface area (Å²) in [4.78, 5) is 0. The SMILES string of the molecule is BBNBC. The van der Waals surface area contributed by atoms with Crippen molar-refractivity contribution in [3.63, 3.8) is 0 Å². The van der Waals surface area contributed by atoms with Gasteiger partial charge in [0.05, 0.1) is 7.74 Å². The lowest BCUT2D eigenvalue weighted by Gasteiger charge is -1.81. The number of rotatable bonds is 2. The van der Waals surface area contributed by atoms with Gasteiger partial charge in [0.1, 0.15) is 7.31 Å². The van der Waals surface area contributed by atoms with E-state index >= 15 is 0 Å². The Hall–Kier alpha value is 0.155. The summed E-state index contributed by atoms with van der Waals surface area (Å²) in [6.45, 7) is 2.10. The van der Waals surface area contributed by atoms with E-state index in [0.717, 1.165) is 14.7 Å². The van der Waals surface area contributed by atoms with Crippen molar-refractivity contribution < 1.29 is 0 Å². The van der Waals surface area contributed by atoms with Gasteiger partial charge in [-0.1, -0.05) is 6.82 Å². The van der Waals surface area contributed by atoms with Gasteiger partial charge in [0.2, 0.25) is 0 Å². The van der Waals surface area contributed by atoms with Crippen molar-refractivity contribution in [2.45, 2.75) is 6.82 Å². The molecule has 0 heterocycles. The molecule has 0 aliphatic heterocycles. The van der Waals surface area contributed by atoms with Crippen LogP contribution in [0.5, 0.6) is 0 Å². The summed E-state index contributed by atoms with van der Waals surface area (Å²) in [5, 5.41) is 3.11. The van der Waals surface area contributed by atoms with E-state index in [4.69, 9.17) is 0 Å². The van der Waals surface area contributed by atoms with Crippen LogP contribution in [0.2, 0.25) is 6.82 Å². The third-order valence-electron chi connectivity index (χ3n) is 0.500. The largest absolute Gasteiger partial charge is 0.410 e. The van der Waals surface area contributed by atoms with Crippen LogP contribution < -0.4 is 5.14 Å². The predicted octanol–water partition coefficient (Wildman–Crippen LogP) is -2.12. The second-order valence-corrected chi connectivity index (χ2v) is 0.957. The Kier molecular flexibility index (Phi) is 4.28. The Morgan fingerprint density at radius 2 is 2.40 bits per heavy atom. The smallest absolute Gasteiger partial charge is 0.185 e. The summed E-state index contributed by atoms with van der Waals surface area (Å²) in [7, 11) is 4.29. The summed E-state index contributed by atoms with van der Waals surface area (Å²) in [5.41, 5.74) is 0. The average molecular weight is 66.5 g/mol. The fourth-order valence-corrected chi connectivity index (χ4v) is 0.250. The molecule has 0 unspecified atom stereocenters. The lowest BCUT2D eigenvalue weighted by Crippen LogP contribution is -2.20. The van der Waals surface area contributed by atoms with Crippen LogP contribution in [-0.4, -0.2) is 22.5 Å². The minimum atomic E-state index is 1.09. The van der Waals surface area contributed by atoms with E-state index in [0.29, 0.717) is 0 Å². The van der Waals surface area contributed by atoms with Crippen molar-refractivity contribution >= 4 is 22.5 Å². The molecular formula is CH8B3N. The zero-order valence-electron chi connectivity index (χ0n) is 3.91. The summed E-state index contributed by atoms with van der Waals surface area (Å²) in [6, 6.07) is 0. The Balaban J connectivity index is 2.19. The van der Waals surface area contributed by atoms with Gasteiger partial charge in [-0.3, -0.25) is 0 Å². The predicted molar refractivity (Wildman–Crippen MR) is 31.8 cm³/mol. The highest BCUT2D eigenvalue weighted by Crippen LogP contribution is 1.35. The van der Waals surface area contributed by atoms with E-state index in [1.165, 1.54) is 0 Å². The maximum absolute atomic E-state index is 3.11. The van der Waals surface area contributed by atoms with Crippen molar-refractivity contribution in [1.29, 1.82) is 0 Å². The van der Waals surface area contributed by atoms with Crippen LogP contribution >= 0.6 is 0 Å². The molecular weight excluding hydrogens is 58.5 g/mol. The molecule has 0 aliphatic rings. The fraction of sp³-hybridized carbons (Fsp3) is 1.00. The van der Waals surface area contributed by atoms with Crippen LogP contribution in [0.25, 0.3) is 0 Å². The van der Waals surface area contributed by atoms with Crippen LogP contribution in [0.1, 0.15) is 0 Å². The van der Waals surface area contributed by atoms with E-state index in [-0.39, 0.29) is 0 Å². The molecule has 1 N–H and O–H groups in total. The zero-order valence-corrected chi connectivity index (χ0v) is 3.91. The van der Waals surface area contributed by atoms with Crippen molar-refractivity contribution in [3.05, 3.63) is 0 Å². The Morgan fingerprint density at radius 1 is 1.80 bits per heavy atom. The molecule has 5 heavy (non-hydrogen) atoms. The molecule has 0 aromatic rings. The first-order valence-electron chi connectivity index (χ1n) is 2.12. The second-order valence-electron chi connectivity index (χ2n) is 0.957. The van der Waals surface area contributed by atoms with E-state index < -0.39 is 0 Å². The maximum atomic E-state index is 3.11. The van der Waals surface area contributed by atoms with Gasteiger partial charge in [-0.05, 0) is 0 Å². The van der Waals surface area contributed by atoms with Crippen LogP contribution in [0.15, 0.2) is 0 Å². The molecule has 0 radical (unpaired) electrons. The van der Waals surface area contributed by atoms with E-state index in [1.54, 1.807) is 0 Å². The van der Waals surface area contributed by atoms with Gasteiger partial charge in [0.25, 0.3) is 0 Å². The standard InChI is InChI=1S/CH8B3N/c1-3-5-4-2/h3-5H,2H2,1H3. The van der Waals surface area contributed by atoms with Crippen molar-refractivity contribution in [2.24, 2.45) is 0 Å². The molecule has 0 fully saturated rings. The maximum Gasteiger partial charge on any atom is 0.185 e. The van der Waals surface area contributed by atoms with Gasteiger partial charge in [-0.25, -0.2) is 0 Å². The molecule has 0 aliphatic carbocycles. The lowest BCUT2D eigenvalue weighted by atomic mass is 9.64. The minimum Gasteiger partial charge on any atom is -0.410 e. The Morgan fingerprint density at radius 3 is 2.40 bits per heavy atom. The molecule has 0 rings (SSSR count). The molecule has 0 amide bonds. The third kappa shape index (κ3) is 4.15. The van der Waals surface area contributed by atoms with Gasteiger partial charge >= 0.3 is 0 Å². The molecule has 4 heteroatoms. The Bertz CT molecular complexity index is 14.4. The highest BCUT2D eigenvalue weighted by Gasteiger charge is 1.70. The first-order chi connectivity index (χ1) is 2.41. The summed E-state index contributed by atoms with van der Waals surface area (Å²) in [6.07, 6.45) is 0. The average Bonchev–Trinajstić information content (AvgIpc) is 1.41. The molecule has 0 saturated heterocycles. The molecule has 1 nitrogen and oxygen atoms in total. The first kappa shape index (κ1) is 5.15. The highest BCUT2D eigenvalue weighted by molar-refractivity contribution is 6.90. The zero-order chi connectivity index (χ0) is 4.12. The van der Waals surface area contributed by atoms with Gasteiger partial charge in [-0.2, -0.15) is 0 Å². The molecule has 26 valence electrons. The third-order valence-corrected chi connectivity index (χ3v) is 0.500. The molecule has 0 bridgehead atoms. The Labute approximate surface area is 35.4 Å². The van der Waals surface area contributed by atoms with E-state index in [1.807, 2.05) is 0 Å². The van der Waals surface area contributed by atoms with Crippen molar-refractivity contribution in [3.8, 4) is 0 Å². The lowest BCUT2D eigenvalue weighted by molar-refractivity contribution is 1.61. The molecule has 0 spiro atoms. The summed E-state index contributed by atoms with van der Waals surface area (Å²) in [5.74, 6) is 0. The van der Waals surface area contributed by atoms with E-state index in [2.05, 4.69) is 19.7 Å².